The monoisotopic (exact) mass is 258 g/mol. The van der Waals surface area contributed by atoms with Gasteiger partial charge in [-0.05, 0) is 37.8 Å². The Bertz CT molecular complexity index is 187. The third-order valence-corrected chi connectivity index (χ3v) is 4.36. The molecule has 1 heterocycles. The standard InChI is InChI=1S/C14H30N2S/c1-4-7-13-12-16(9-6-10-17-3)14(8-5-2)11-15-13/h13-15H,4-12H2,1-3H3. The van der Waals surface area contributed by atoms with Gasteiger partial charge in [-0.3, -0.25) is 4.90 Å². The first-order valence-corrected chi connectivity index (χ1v) is 8.67. The third kappa shape index (κ3) is 5.62. The van der Waals surface area contributed by atoms with Gasteiger partial charge in [-0.25, -0.2) is 0 Å². The molecular formula is C14H30N2S. The molecule has 2 unspecified atom stereocenters. The van der Waals surface area contributed by atoms with Crippen molar-refractivity contribution in [1.29, 1.82) is 0 Å². The molecule has 2 nitrogen and oxygen atoms in total. The van der Waals surface area contributed by atoms with Crippen LogP contribution in [-0.4, -0.2) is 48.6 Å². The molecule has 0 aromatic heterocycles. The number of piperazine rings is 1. The average Bonchev–Trinajstić information content (AvgIpc) is 2.33. The zero-order valence-corrected chi connectivity index (χ0v) is 12.7. The molecule has 0 bridgehead atoms. The van der Waals surface area contributed by atoms with Gasteiger partial charge >= 0.3 is 0 Å². The Kier molecular flexibility index (Phi) is 8.33. The van der Waals surface area contributed by atoms with E-state index in [1.807, 2.05) is 11.8 Å². The Morgan fingerprint density at radius 1 is 1.24 bits per heavy atom. The van der Waals surface area contributed by atoms with Gasteiger partial charge in [0.05, 0.1) is 0 Å². The predicted octanol–water partition coefficient (Wildman–Crippen LogP) is 2.98. The van der Waals surface area contributed by atoms with E-state index in [-0.39, 0.29) is 0 Å². The van der Waals surface area contributed by atoms with Gasteiger partial charge in [0.2, 0.25) is 0 Å². The SMILES string of the molecule is CCCC1CN(CCCSC)C(CCC)CN1. The van der Waals surface area contributed by atoms with Crippen molar-refractivity contribution in [3.05, 3.63) is 0 Å². The molecule has 0 aromatic carbocycles. The first-order valence-electron chi connectivity index (χ1n) is 7.28. The maximum Gasteiger partial charge on any atom is 0.0221 e. The van der Waals surface area contributed by atoms with Crippen LogP contribution in [0.4, 0.5) is 0 Å². The van der Waals surface area contributed by atoms with Crippen molar-refractivity contribution in [3.63, 3.8) is 0 Å². The number of nitrogens with one attached hydrogen (secondary N) is 1. The molecule has 0 spiro atoms. The van der Waals surface area contributed by atoms with Gasteiger partial charge in [-0.15, -0.1) is 0 Å². The van der Waals surface area contributed by atoms with Crippen LogP contribution < -0.4 is 5.32 Å². The fourth-order valence-corrected chi connectivity index (χ4v) is 3.19. The Balaban J connectivity index is 2.38. The third-order valence-electron chi connectivity index (χ3n) is 3.67. The molecule has 1 aliphatic rings. The lowest BCUT2D eigenvalue weighted by molar-refractivity contribution is 0.120. The highest BCUT2D eigenvalue weighted by molar-refractivity contribution is 7.98. The minimum absolute atomic E-state index is 0.738. The summed E-state index contributed by atoms with van der Waals surface area (Å²) in [7, 11) is 0. The normalized spacial score (nSPS) is 26.3. The molecule has 1 rings (SSSR count). The highest BCUT2D eigenvalue weighted by Crippen LogP contribution is 2.15. The minimum Gasteiger partial charge on any atom is -0.311 e. The van der Waals surface area contributed by atoms with Crippen LogP contribution in [-0.2, 0) is 0 Å². The minimum atomic E-state index is 0.738. The van der Waals surface area contributed by atoms with E-state index in [0.717, 1.165) is 12.1 Å². The van der Waals surface area contributed by atoms with E-state index in [2.05, 4.69) is 30.3 Å². The Labute approximate surface area is 112 Å². The van der Waals surface area contributed by atoms with Crippen LogP contribution >= 0.6 is 11.8 Å². The Hall–Kier alpha value is 0.270. The summed E-state index contributed by atoms with van der Waals surface area (Å²) in [6.07, 6.45) is 8.85. The van der Waals surface area contributed by atoms with Gasteiger partial charge in [0, 0.05) is 25.2 Å². The molecule has 0 amide bonds. The van der Waals surface area contributed by atoms with Crippen LogP contribution in [0.25, 0.3) is 0 Å². The summed E-state index contributed by atoms with van der Waals surface area (Å²) in [6.45, 7) is 8.37. The summed E-state index contributed by atoms with van der Waals surface area (Å²) in [5.41, 5.74) is 0. The first-order chi connectivity index (χ1) is 8.31. The molecule has 0 radical (unpaired) electrons. The average molecular weight is 258 g/mol. The highest BCUT2D eigenvalue weighted by atomic mass is 32.2. The van der Waals surface area contributed by atoms with Crippen molar-refractivity contribution in [1.82, 2.24) is 10.2 Å². The van der Waals surface area contributed by atoms with Crippen LogP contribution in [0.5, 0.6) is 0 Å². The molecular weight excluding hydrogens is 228 g/mol. The molecule has 1 fully saturated rings. The Morgan fingerprint density at radius 3 is 2.65 bits per heavy atom. The van der Waals surface area contributed by atoms with E-state index in [0.29, 0.717) is 0 Å². The lowest BCUT2D eigenvalue weighted by Crippen LogP contribution is -2.56. The number of thioether (sulfide) groups is 1. The number of rotatable bonds is 8. The molecule has 0 aromatic rings. The maximum absolute atomic E-state index is 3.73. The van der Waals surface area contributed by atoms with E-state index >= 15 is 0 Å². The zero-order chi connectivity index (χ0) is 12.5. The predicted molar refractivity (Wildman–Crippen MR) is 80.0 cm³/mol. The first kappa shape index (κ1) is 15.3. The summed E-state index contributed by atoms with van der Waals surface area (Å²) in [6, 6.07) is 1.53. The molecule has 1 saturated heterocycles. The van der Waals surface area contributed by atoms with Gasteiger partial charge in [-0.1, -0.05) is 26.7 Å². The largest absolute Gasteiger partial charge is 0.311 e. The van der Waals surface area contributed by atoms with E-state index in [1.165, 1.54) is 57.5 Å². The molecule has 3 heteroatoms. The van der Waals surface area contributed by atoms with Crippen molar-refractivity contribution in [2.45, 2.75) is 58.0 Å². The van der Waals surface area contributed by atoms with Crippen LogP contribution in [0, 0.1) is 0 Å². The van der Waals surface area contributed by atoms with Crippen molar-refractivity contribution in [2.75, 3.05) is 31.6 Å². The lowest BCUT2D eigenvalue weighted by Gasteiger charge is -2.40. The lowest BCUT2D eigenvalue weighted by atomic mass is 10.0. The second-order valence-electron chi connectivity index (χ2n) is 5.18. The van der Waals surface area contributed by atoms with Gasteiger partial charge in [0.15, 0.2) is 0 Å². The molecule has 0 saturated carbocycles. The fraction of sp³-hybridized carbons (Fsp3) is 1.00. The van der Waals surface area contributed by atoms with Gasteiger partial charge in [0.1, 0.15) is 0 Å². The van der Waals surface area contributed by atoms with Crippen LogP contribution in [0.15, 0.2) is 0 Å². The van der Waals surface area contributed by atoms with Gasteiger partial charge in [0.25, 0.3) is 0 Å². The van der Waals surface area contributed by atoms with Crippen LogP contribution in [0.1, 0.15) is 46.0 Å². The van der Waals surface area contributed by atoms with Crippen molar-refractivity contribution in [2.24, 2.45) is 0 Å². The van der Waals surface area contributed by atoms with Crippen molar-refractivity contribution in [3.8, 4) is 0 Å². The van der Waals surface area contributed by atoms with Crippen LogP contribution in [0.3, 0.4) is 0 Å². The molecule has 0 aliphatic carbocycles. The van der Waals surface area contributed by atoms with E-state index < -0.39 is 0 Å². The maximum atomic E-state index is 3.73. The van der Waals surface area contributed by atoms with Gasteiger partial charge < -0.3 is 5.32 Å². The molecule has 1 N–H and O–H groups in total. The highest BCUT2D eigenvalue weighted by Gasteiger charge is 2.25. The Morgan fingerprint density at radius 2 is 2.00 bits per heavy atom. The van der Waals surface area contributed by atoms with Crippen molar-refractivity contribution < 1.29 is 0 Å². The summed E-state index contributed by atoms with van der Waals surface area (Å²) < 4.78 is 0. The van der Waals surface area contributed by atoms with Crippen LogP contribution in [0.2, 0.25) is 0 Å². The number of nitrogens with zero attached hydrogens (tertiary/aromatic N) is 1. The summed E-state index contributed by atoms with van der Waals surface area (Å²) in [4.78, 5) is 2.75. The fourth-order valence-electron chi connectivity index (χ4n) is 2.77. The van der Waals surface area contributed by atoms with E-state index in [4.69, 9.17) is 0 Å². The van der Waals surface area contributed by atoms with Gasteiger partial charge in [-0.2, -0.15) is 11.8 Å². The van der Waals surface area contributed by atoms with Crippen molar-refractivity contribution >= 4 is 11.8 Å². The molecule has 1 aliphatic heterocycles. The smallest absolute Gasteiger partial charge is 0.0221 e. The van der Waals surface area contributed by atoms with E-state index in [9.17, 15) is 0 Å². The quantitative estimate of drug-likeness (QED) is 0.674. The topological polar surface area (TPSA) is 15.3 Å². The second-order valence-corrected chi connectivity index (χ2v) is 6.16. The summed E-state index contributed by atoms with van der Waals surface area (Å²) in [5.74, 6) is 1.31. The molecule has 2 atom stereocenters. The second kappa shape index (κ2) is 9.23. The number of hydrogen-bond donors (Lipinski definition) is 1. The number of hydrogen-bond acceptors (Lipinski definition) is 3. The van der Waals surface area contributed by atoms with E-state index in [1.54, 1.807) is 0 Å². The summed E-state index contributed by atoms with van der Waals surface area (Å²) in [5, 5.41) is 3.73. The zero-order valence-electron chi connectivity index (χ0n) is 11.9. The molecule has 17 heavy (non-hydrogen) atoms. The summed E-state index contributed by atoms with van der Waals surface area (Å²) >= 11 is 1.97. The molecule has 102 valence electrons.